The van der Waals surface area contributed by atoms with Crippen molar-refractivity contribution in [2.45, 2.75) is 52.2 Å². The van der Waals surface area contributed by atoms with Crippen molar-refractivity contribution in [2.75, 3.05) is 36.4 Å². The molecule has 0 unspecified atom stereocenters. The lowest BCUT2D eigenvalue weighted by atomic mass is 9.97. The molecule has 1 aromatic carbocycles. The van der Waals surface area contributed by atoms with Gasteiger partial charge in [-0.25, -0.2) is 14.2 Å². The zero-order valence-electron chi connectivity index (χ0n) is 24.0. The lowest BCUT2D eigenvalue weighted by molar-refractivity contribution is 0.0516. The molecule has 1 fully saturated rings. The Kier molecular flexibility index (Phi) is 10.1. The second-order valence-corrected chi connectivity index (χ2v) is 11.2. The quantitative estimate of drug-likeness (QED) is 0.321. The fourth-order valence-electron chi connectivity index (χ4n) is 4.65. The number of anilines is 2. The predicted octanol–water partition coefficient (Wildman–Crippen LogP) is 4.94. The van der Waals surface area contributed by atoms with Crippen molar-refractivity contribution in [2.24, 2.45) is 5.92 Å². The van der Waals surface area contributed by atoms with E-state index < -0.39 is 11.7 Å². The third-order valence-corrected chi connectivity index (χ3v) is 6.77. The van der Waals surface area contributed by atoms with Crippen LogP contribution in [0, 0.1) is 11.7 Å². The topological polar surface area (TPSA) is 108 Å². The molecule has 0 atom stereocenters. The van der Waals surface area contributed by atoms with E-state index in [1.165, 1.54) is 12.1 Å². The molecule has 1 aliphatic rings. The number of amides is 2. The molecule has 1 aliphatic heterocycles. The molecule has 2 amide bonds. The average Bonchev–Trinajstić information content (AvgIpc) is 2.95. The lowest BCUT2D eigenvalue weighted by Gasteiger charge is -2.33. The Morgan fingerprint density at radius 2 is 1.83 bits per heavy atom. The van der Waals surface area contributed by atoms with Crippen LogP contribution in [0.1, 0.15) is 55.1 Å². The number of alkyl carbamates (subject to hydrolysis) is 1. The minimum atomic E-state index is -0.524. The highest BCUT2D eigenvalue weighted by molar-refractivity contribution is 5.99. The van der Waals surface area contributed by atoms with Crippen LogP contribution in [0.5, 0.6) is 0 Å². The second-order valence-electron chi connectivity index (χ2n) is 11.2. The monoisotopic (exact) mass is 562 g/mol. The molecule has 3 heterocycles. The van der Waals surface area contributed by atoms with E-state index in [1.54, 1.807) is 24.5 Å². The predicted molar refractivity (Wildman–Crippen MR) is 157 cm³/mol. The number of halogens is 1. The molecule has 0 radical (unpaired) electrons. The normalized spacial score (nSPS) is 13.9. The van der Waals surface area contributed by atoms with Gasteiger partial charge in [0, 0.05) is 45.1 Å². The Morgan fingerprint density at radius 3 is 2.54 bits per heavy atom. The highest BCUT2D eigenvalue weighted by Gasteiger charge is 2.23. The fraction of sp³-hybridized carbons (Fsp3) is 0.419. The number of nitrogens with zero attached hydrogens (tertiary/aromatic N) is 3. The number of pyridine rings is 2. The first-order valence-corrected chi connectivity index (χ1v) is 14.0. The number of hydrogen-bond acceptors (Lipinski definition) is 7. The summed E-state index contributed by atoms with van der Waals surface area (Å²) in [6.45, 7) is 8.50. The summed E-state index contributed by atoms with van der Waals surface area (Å²) in [5.74, 6) is 1.09. The van der Waals surface area contributed by atoms with Gasteiger partial charge in [-0.1, -0.05) is 18.2 Å². The van der Waals surface area contributed by atoms with Crippen LogP contribution in [0.2, 0.25) is 0 Å². The Hall–Kier alpha value is -4.21. The first-order chi connectivity index (χ1) is 19.7. The van der Waals surface area contributed by atoms with Crippen molar-refractivity contribution in [3.63, 3.8) is 0 Å². The third-order valence-electron chi connectivity index (χ3n) is 6.77. The van der Waals surface area contributed by atoms with Crippen molar-refractivity contribution in [1.29, 1.82) is 0 Å². The summed E-state index contributed by atoms with van der Waals surface area (Å²) in [5, 5.41) is 9.13. The number of aromatic nitrogens is 2. The van der Waals surface area contributed by atoms with Crippen LogP contribution in [0.3, 0.4) is 0 Å². The summed E-state index contributed by atoms with van der Waals surface area (Å²) in [6.07, 6.45) is 5.38. The van der Waals surface area contributed by atoms with Crippen molar-refractivity contribution in [3.8, 4) is 0 Å². The minimum absolute atomic E-state index is 0.243. The first kappa shape index (κ1) is 29.8. The number of carbonyl (C=O) groups is 2. The molecule has 3 N–H and O–H groups in total. The Balaban J connectivity index is 1.39. The van der Waals surface area contributed by atoms with Gasteiger partial charge in [-0.15, -0.1) is 0 Å². The van der Waals surface area contributed by atoms with Crippen LogP contribution in [0.4, 0.5) is 20.8 Å². The maximum absolute atomic E-state index is 13.6. The molecule has 9 nitrogen and oxygen atoms in total. The lowest BCUT2D eigenvalue weighted by Crippen LogP contribution is -2.40. The van der Waals surface area contributed by atoms with Gasteiger partial charge >= 0.3 is 6.09 Å². The number of hydrogen-bond donors (Lipinski definition) is 3. The van der Waals surface area contributed by atoms with Crippen LogP contribution in [0.25, 0.3) is 0 Å². The Bertz CT molecular complexity index is 1310. The van der Waals surface area contributed by atoms with Gasteiger partial charge in [0.1, 0.15) is 23.1 Å². The SMILES string of the molecule is CC(C)(C)OC(=O)NCC1CCN(c2ccc(C(=O)NCc3cccnc3)c(NCCc3cccc(F)c3)n2)CC1. The molecule has 41 heavy (non-hydrogen) atoms. The van der Waals surface area contributed by atoms with Crippen LogP contribution in [-0.2, 0) is 17.7 Å². The third kappa shape index (κ3) is 9.44. The molecule has 1 saturated heterocycles. The molecular formula is C31H39FN6O3. The Morgan fingerprint density at radius 1 is 1.05 bits per heavy atom. The molecule has 0 bridgehead atoms. The van der Waals surface area contributed by atoms with Crippen LogP contribution in [0.15, 0.2) is 60.9 Å². The van der Waals surface area contributed by atoms with E-state index in [1.807, 2.05) is 45.0 Å². The largest absolute Gasteiger partial charge is 0.444 e. The summed E-state index contributed by atoms with van der Waals surface area (Å²) in [4.78, 5) is 36.3. The molecular weight excluding hydrogens is 523 g/mol. The number of piperidine rings is 1. The molecule has 0 saturated carbocycles. The van der Waals surface area contributed by atoms with Gasteiger partial charge in [0.2, 0.25) is 0 Å². The minimum Gasteiger partial charge on any atom is -0.444 e. The Labute approximate surface area is 240 Å². The fourth-order valence-corrected chi connectivity index (χ4v) is 4.65. The number of rotatable bonds is 10. The molecule has 10 heteroatoms. The van der Waals surface area contributed by atoms with Gasteiger partial charge in [0.15, 0.2) is 0 Å². The summed E-state index contributed by atoms with van der Waals surface area (Å²) in [7, 11) is 0. The van der Waals surface area contributed by atoms with Gasteiger partial charge in [-0.05, 0) is 87.4 Å². The van der Waals surface area contributed by atoms with Gasteiger partial charge < -0.3 is 25.6 Å². The van der Waals surface area contributed by atoms with Gasteiger partial charge in [0.25, 0.3) is 5.91 Å². The van der Waals surface area contributed by atoms with Gasteiger partial charge in [-0.2, -0.15) is 0 Å². The van der Waals surface area contributed by atoms with Gasteiger partial charge in [0.05, 0.1) is 5.56 Å². The second kappa shape index (κ2) is 13.9. The maximum atomic E-state index is 13.6. The van der Waals surface area contributed by atoms with E-state index in [0.29, 0.717) is 43.4 Å². The van der Waals surface area contributed by atoms with Crippen LogP contribution < -0.4 is 20.9 Å². The number of ether oxygens (including phenoxy) is 1. The standard InChI is InChI=1S/C31H39FN6O3/c1-31(2,3)41-30(40)36-20-23-12-16-38(17-13-23)27-10-9-26(29(39)35-21-24-7-5-14-33-19-24)28(37-27)34-15-11-22-6-4-8-25(32)18-22/h4-10,14,18-19,23H,11-13,15-17,20-21H2,1-3H3,(H,34,37)(H,35,39)(H,36,40). The highest BCUT2D eigenvalue weighted by Crippen LogP contribution is 2.25. The van der Waals surface area contributed by atoms with Crippen molar-refractivity contribution >= 4 is 23.6 Å². The molecule has 218 valence electrons. The van der Waals surface area contributed by atoms with Crippen molar-refractivity contribution in [1.82, 2.24) is 20.6 Å². The van der Waals surface area contributed by atoms with E-state index in [2.05, 4.69) is 25.8 Å². The first-order valence-electron chi connectivity index (χ1n) is 14.0. The summed E-state index contributed by atoms with van der Waals surface area (Å²) >= 11 is 0. The van der Waals surface area contributed by atoms with E-state index in [4.69, 9.17) is 9.72 Å². The molecule has 0 spiro atoms. The van der Waals surface area contributed by atoms with Crippen LogP contribution >= 0.6 is 0 Å². The summed E-state index contributed by atoms with van der Waals surface area (Å²) < 4.78 is 19.0. The summed E-state index contributed by atoms with van der Waals surface area (Å²) in [6, 6.07) is 13.9. The zero-order chi connectivity index (χ0) is 29.2. The van der Waals surface area contributed by atoms with Gasteiger partial charge in [-0.3, -0.25) is 9.78 Å². The smallest absolute Gasteiger partial charge is 0.407 e. The van der Waals surface area contributed by atoms with Crippen molar-refractivity contribution < 1.29 is 18.7 Å². The molecule has 4 rings (SSSR count). The average molecular weight is 563 g/mol. The number of benzene rings is 1. The maximum Gasteiger partial charge on any atom is 0.407 e. The van der Waals surface area contributed by atoms with Crippen LogP contribution in [-0.4, -0.2) is 53.7 Å². The van der Waals surface area contributed by atoms with E-state index in [0.717, 1.165) is 42.9 Å². The van der Waals surface area contributed by atoms with Crippen molar-refractivity contribution in [3.05, 3.63) is 83.4 Å². The molecule has 3 aromatic rings. The van der Waals surface area contributed by atoms with E-state index in [9.17, 15) is 14.0 Å². The summed E-state index contributed by atoms with van der Waals surface area (Å²) in [5.41, 5.74) is 1.67. The van der Waals surface area contributed by atoms with E-state index in [-0.39, 0.29) is 11.7 Å². The molecule has 2 aromatic heterocycles. The number of carbonyl (C=O) groups excluding carboxylic acids is 2. The number of nitrogens with one attached hydrogen (secondary N) is 3. The molecule has 0 aliphatic carbocycles. The zero-order valence-corrected chi connectivity index (χ0v) is 24.0. The highest BCUT2D eigenvalue weighted by atomic mass is 19.1. The van der Waals surface area contributed by atoms with E-state index >= 15 is 0 Å².